The molecule has 0 aliphatic heterocycles. The summed E-state index contributed by atoms with van der Waals surface area (Å²) >= 11 is 1.67. The quantitative estimate of drug-likeness (QED) is 0.700. The highest BCUT2D eigenvalue weighted by atomic mass is 32.2. The van der Waals surface area contributed by atoms with Crippen molar-refractivity contribution in [3.8, 4) is 11.3 Å². The van der Waals surface area contributed by atoms with Crippen molar-refractivity contribution in [1.82, 2.24) is 9.78 Å². The molecule has 0 spiro atoms. The molecule has 0 aliphatic carbocycles. The summed E-state index contributed by atoms with van der Waals surface area (Å²) in [6, 6.07) is 12.4. The Labute approximate surface area is 87.9 Å². The van der Waals surface area contributed by atoms with E-state index in [1.807, 2.05) is 36.2 Å². The average Bonchev–Trinajstić information content (AvgIpc) is 2.61. The lowest BCUT2D eigenvalue weighted by Gasteiger charge is -1.99. The number of aromatic nitrogens is 2. The summed E-state index contributed by atoms with van der Waals surface area (Å²) in [6.07, 6.45) is 2.04. The second-order valence-corrected chi connectivity index (χ2v) is 3.89. The third kappa shape index (κ3) is 1.68. The van der Waals surface area contributed by atoms with Crippen LogP contribution >= 0.6 is 11.8 Å². The van der Waals surface area contributed by atoms with Gasteiger partial charge in [0.1, 0.15) is 5.03 Å². The monoisotopic (exact) mass is 204 g/mol. The van der Waals surface area contributed by atoms with Gasteiger partial charge in [-0.15, -0.1) is 11.8 Å². The van der Waals surface area contributed by atoms with Gasteiger partial charge in [-0.05, 0) is 17.9 Å². The predicted octanol–water partition coefficient (Wildman–Crippen LogP) is 2.81. The van der Waals surface area contributed by atoms with E-state index >= 15 is 0 Å². The standard InChI is InChI=1S/C11H12N2S/c1-13-10(8-11(12-13)14-2)9-6-4-3-5-7-9/h3-8H,1-2H3. The zero-order valence-corrected chi connectivity index (χ0v) is 9.08. The number of rotatable bonds is 2. The van der Waals surface area contributed by atoms with Gasteiger partial charge >= 0.3 is 0 Å². The maximum absolute atomic E-state index is 4.39. The fourth-order valence-corrected chi connectivity index (χ4v) is 1.85. The van der Waals surface area contributed by atoms with Gasteiger partial charge in [-0.1, -0.05) is 30.3 Å². The van der Waals surface area contributed by atoms with Crippen molar-refractivity contribution in [2.24, 2.45) is 7.05 Å². The molecule has 1 heterocycles. The average molecular weight is 204 g/mol. The summed E-state index contributed by atoms with van der Waals surface area (Å²) in [5.41, 5.74) is 2.37. The lowest BCUT2D eigenvalue weighted by atomic mass is 10.1. The molecule has 0 aliphatic rings. The SMILES string of the molecule is CSc1cc(-c2ccccc2)n(C)n1. The van der Waals surface area contributed by atoms with Gasteiger partial charge in [-0.3, -0.25) is 4.68 Å². The van der Waals surface area contributed by atoms with E-state index < -0.39 is 0 Å². The lowest BCUT2D eigenvalue weighted by molar-refractivity contribution is 0.745. The molecule has 0 fully saturated rings. The molecule has 0 atom stereocenters. The van der Waals surface area contributed by atoms with Crippen LogP contribution < -0.4 is 0 Å². The molecule has 14 heavy (non-hydrogen) atoms. The maximum Gasteiger partial charge on any atom is 0.118 e. The topological polar surface area (TPSA) is 17.8 Å². The molecule has 0 saturated carbocycles. The van der Waals surface area contributed by atoms with Crippen molar-refractivity contribution < 1.29 is 0 Å². The first-order chi connectivity index (χ1) is 6.81. The van der Waals surface area contributed by atoms with Crippen LogP contribution in [0.4, 0.5) is 0 Å². The molecule has 0 N–H and O–H groups in total. The molecule has 0 unspecified atom stereocenters. The van der Waals surface area contributed by atoms with Gasteiger partial charge in [0.2, 0.25) is 0 Å². The molecule has 72 valence electrons. The fourth-order valence-electron chi connectivity index (χ4n) is 1.42. The van der Waals surface area contributed by atoms with Crippen LogP contribution in [0, 0.1) is 0 Å². The minimum Gasteiger partial charge on any atom is -0.267 e. The summed E-state index contributed by atoms with van der Waals surface area (Å²) in [7, 11) is 1.97. The Bertz CT molecular complexity index is 420. The number of benzene rings is 1. The molecule has 0 amide bonds. The van der Waals surface area contributed by atoms with Crippen molar-refractivity contribution >= 4 is 11.8 Å². The Hall–Kier alpha value is -1.22. The fraction of sp³-hybridized carbons (Fsp3) is 0.182. The molecule has 1 aromatic carbocycles. The number of aryl methyl sites for hydroxylation is 1. The van der Waals surface area contributed by atoms with E-state index in [1.54, 1.807) is 11.8 Å². The number of nitrogens with zero attached hydrogens (tertiary/aromatic N) is 2. The van der Waals surface area contributed by atoms with Gasteiger partial charge in [-0.2, -0.15) is 5.10 Å². The molecule has 2 nitrogen and oxygen atoms in total. The van der Waals surface area contributed by atoms with E-state index in [0.29, 0.717) is 0 Å². The van der Waals surface area contributed by atoms with Gasteiger partial charge in [0, 0.05) is 7.05 Å². The highest BCUT2D eigenvalue weighted by Crippen LogP contribution is 2.23. The van der Waals surface area contributed by atoms with E-state index in [4.69, 9.17) is 0 Å². The number of thioether (sulfide) groups is 1. The maximum atomic E-state index is 4.39. The van der Waals surface area contributed by atoms with Gasteiger partial charge in [0.05, 0.1) is 5.69 Å². The molecule has 2 rings (SSSR count). The van der Waals surface area contributed by atoms with Crippen LogP contribution in [-0.2, 0) is 7.05 Å². The summed E-state index contributed by atoms with van der Waals surface area (Å²) < 4.78 is 1.92. The van der Waals surface area contributed by atoms with E-state index in [2.05, 4.69) is 23.3 Å². The number of hydrogen-bond acceptors (Lipinski definition) is 2. The van der Waals surface area contributed by atoms with Crippen LogP contribution in [0.5, 0.6) is 0 Å². The van der Waals surface area contributed by atoms with Crippen LogP contribution in [0.1, 0.15) is 0 Å². The van der Waals surface area contributed by atoms with Crippen LogP contribution in [0.3, 0.4) is 0 Å². The van der Waals surface area contributed by atoms with Crippen LogP contribution in [0.25, 0.3) is 11.3 Å². The Morgan fingerprint density at radius 2 is 1.93 bits per heavy atom. The molecular weight excluding hydrogens is 192 g/mol. The first kappa shape index (κ1) is 9.34. The Morgan fingerprint density at radius 3 is 2.50 bits per heavy atom. The molecule has 0 radical (unpaired) electrons. The lowest BCUT2D eigenvalue weighted by Crippen LogP contribution is -1.92. The Balaban J connectivity index is 2.46. The Morgan fingerprint density at radius 1 is 1.21 bits per heavy atom. The van der Waals surface area contributed by atoms with Crippen LogP contribution in [-0.4, -0.2) is 16.0 Å². The highest BCUT2D eigenvalue weighted by molar-refractivity contribution is 7.98. The van der Waals surface area contributed by atoms with Crippen molar-refractivity contribution in [2.45, 2.75) is 5.03 Å². The zero-order valence-electron chi connectivity index (χ0n) is 8.27. The van der Waals surface area contributed by atoms with Crippen molar-refractivity contribution in [1.29, 1.82) is 0 Å². The van der Waals surface area contributed by atoms with Crippen molar-refractivity contribution in [2.75, 3.05) is 6.26 Å². The number of hydrogen-bond donors (Lipinski definition) is 0. The second-order valence-electron chi connectivity index (χ2n) is 3.06. The second kappa shape index (κ2) is 3.88. The van der Waals surface area contributed by atoms with Crippen LogP contribution in [0.15, 0.2) is 41.4 Å². The summed E-state index contributed by atoms with van der Waals surface area (Å²) in [6.45, 7) is 0. The molecule has 1 aromatic heterocycles. The largest absolute Gasteiger partial charge is 0.267 e. The molecule has 2 aromatic rings. The van der Waals surface area contributed by atoms with E-state index in [1.165, 1.54) is 5.56 Å². The van der Waals surface area contributed by atoms with Crippen LogP contribution in [0.2, 0.25) is 0 Å². The Kier molecular flexibility index (Phi) is 2.59. The van der Waals surface area contributed by atoms with Gasteiger partial charge in [-0.25, -0.2) is 0 Å². The third-order valence-electron chi connectivity index (χ3n) is 2.14. The zero-order chi connectivity index (χ0) is 9.97. The molecular formula is C11H12N2S. The van der Waals surface area contributed by atoms with E-state index in [-0.39, 0.29) is 0 Å². The highest BCUT2D eigenvalue weighted by Gasteiger charge is 2.05. The normalized spacial score (nSPS) is 10.4. The van der Waals surface area contributed by atoms with E-state index in [0.717, 1.165) is 10.7 Å². The summed E-state index contributed by atoms with van der Waals surface area (Å²) in [5, 5.41) is 5.45. The molecule has 0 saturated heterocycles. The minimum atomic E-state index is 1.06. The summed E-state index contributed by atoms with van der Waals surface area (Å²) in [5.74, 6) is 0. The molecule has 0 bridgehead atoms. The first-order valence-corrected chi connectivity index (χ1v) is 5.67. The van der Waals surface area contributed by atoms with Gasteiger partial charge < -0.3 is 0 Å². The smallest absolute Gasteiger partial charge is 0.118 e. The summed E-state index contributed by atoms with van der Waals surface area (Å²) in [4.78, 5) is 0. The first-order valence-electron chi connectivity index (χ1n) is 4.44. The molecule has 3 heteroatoms. The third-order valence-corrected chi connectivity index (χ3v) is 2.75. The van der Waals surface area contributed by atoms with Crippen molar-refractivity contribution in [3.05, 3.63) is 36.4 Å². The minimum absolute atomic E-state index is 1.06. The van der Waals surface area contributed by atoms with Crippen molar-refractivity contribution in [3.63, 3.8) is 0 Å². The predicted molar refractivity (Wildman–Crippen MR) is 60.4 cm³/mol. The van der Waals surface area contributed by atoms with Gasteiger partial charge in [0.25, 0.3) is 0 Å². The van der Waals surface area contributed by atoms with Gasteiger partial charge in [0.15, 0.2) is 0 Å². The van der Waals surface area contributed by atoms with E-state index in [9.17, 15) is 0 Å².